The fraction of sp³-hybridized carbons (Fsp3) is 1.00. The van der Waals surface area contributed by atoms with Crippen molar-refractivity contribution in [2.45, 2.75) is 25.8 Å². The molecule has 0 saturated carbocycles. The lowest BCUT2D eigenvalue weighted by molar-refractivity contribution is 0.0598. The second kappa shape index (κ2) is 7.31. The Labute approximate surface area is 104 Å². The summed E-state index contributed by atoms with van der Waals surface area (Å²) in [6.45, 7) is 8.36. The van der Waals surface area contributed by atoms with Crippen molar-refractivity contribution >= 4 is 0 Å². The van der Waals surface area contributed by atoms with Gasteiger partial charge >= 0.3 is 0 Å². The molecule has 0 aromatic heterocycles. The van der Waals surface area contributed by atoms with Crippen LogP contribution in [0.25, 0.3) is 0 Å². The van der Waals surface area contributed by atoms with Gasteiger partial charge in [0.2, 0.25) is 0 Å². The highest BCUT2D eigenvalue weighted by atomic mass is 16.5. The smallest absolute Gasteiger partial charge is 0.0623 e. The Morgan fingerprint density at radius 3 is 2.71 bits per heavy atom. The lowest BCUT2D eigenvalue weighted by Gasteiger charge is -2.23. The van der Waals surface area contributed by atoms with Crippen LogP contribution in [0.4, 0.5) is 0 Å². The molecule has 4 heteroatoms. The van der Waals surface area contributed by atoms with Gasteiger partial charge in [-0.15, -0.1) is 0 Å². The zero-order valence-corrected chi connectivity index (χ0v) is 10.8. The van der Waals surface area contributed by atoms with Crippen LogP contribution in [-0.2, 0) is 14.2 Å². The van der Waals surface area contributed by atoms with Gasteiger partial charge in [-0.3, -0.25) is 0 Å². The first-order valence-corrected chi connectivity index (χ1v) is 6.86. The lowest BCUT2D eigenvalue weighted by atomic mass is 10.00. The Hall–Kier alpha value is -0.160. The Kier molecular flexibility index (Phi) is 5.71. The summed E-state index contributed by atoms with van der Waals surface area (Å²) in [5.41, 5.74) is 0. The third-order valence-electron chi connectivity index (χ3n) is 3.68. The molecule has 0 bridgehead atoms. The molecule has 0 amide bonds. The van der Waals surface area contributed by atoms with Crippen LogP contribution in [0, 0.1) is 11.8 Å². The molecule has 4 nitrogen and oxygen atoms in total. The van der Waals surface area contributed by atoms with Crippen molar-refractivity contribution in [3.05, 3.63) is 0 Å². The molecule has 0 aromatic rings. The van der Waals surface area contributed by atoms with Gasteiger partial charge in [0.05, 0.1) is 26.4 Å². The molecule has 17 heavy (non-hydrogen) atoms. The maximum Gasteiger partial charge on any atom is 0.0623 e. The Balaban J connectivity index is 1.65. The van der Waals surface area contributed by atoms with Gasteiger partial charge in [0.1, 0.15) is 0 Å². The summed E-state index contributed by atoms with van der Waals surface area (Å²) in [5, 5.41) is 3.51. The second-order valence-corrected chi connectivity index (χ2v) is 5.05. The monoisotopic (exact) mass is 243 g/mol. The maximum absolute atomic E-state index is 5.85. The fourth-order valence-corrected chi connectivity index (χ4v) is 2.57. The van der Waals surface area contributed by atoms with E-state index in [1.807, 2.05) is 0 Å². The van der Waals surface area contributed by atoms with Crippen molar-refractivity contribution in [1.82, 2.24) is 5.32 Å². The highest BCUT2D eigenvalue weighted by Crippen LogP contribution is 2.18. The molecule has 2 rings (SSSR count). The molecule has 2 aliphatic heterocycles. The van der Waals surface area contributed by atoms with Crippen LogP contribution >= 0.6 is 0 Å². The van der Waals surface area contributed by atoms with Crippen molar-refractivity contribution in [3.8, 4) is 0 Å². The molecule has 100 valence electrons. The zero-order chi connectivity index (χ0) is 11.9. The largest absolute Gasteiger partial charge is 0.381 e. The predicted molar refractivity (Wildman–Crippen MR) is 66.1 cm³/mol. The molecule has 1 N–H and O–H groups in total. The van der Waals surface area contributed by atoms with E-state index in [4.69, 9.17) is 14.2 Å². The van der Waals surface area contributed by atoms with E-state index in [1.54, 1.807) is 0 Å². The molecular weight excluding hydrogens is 218 g/mol. The number of likely N-dealkylation sites (N-methyl/N-ethyl adjacent to an activating group) is 1. The van der Waals surface area contributed by atoms with E-state index in [2.05, 4.69) is 12.2 Å². The van der Waals surface area contributed by atoms with E-state index in [1.165, 1.54) is 0 Å². The average molecular weight is 243 g/mol. The number of nitrogens with one attached hydrogen (secondary N) is 1. The quantitative estimate of drug-likeness (QED) is 0.725. The molecule has 3 unspecified atom stereocenters. The number of rotatable bonds is 7. The third-order valence-corrected chi connectivity index (χ3v) is 3.68. The Morgan fingerprint density at radius 1 is 1.24 bits per heavy atom. The molecule has 0 spiro atoms. The highest BCUT2D eigenvalue weighted by Gasteiger charge is 2.25. The third kappa shape index (κ3) is 4.21. The number of ether oxygens (including phenoxy) is 3. The van der Waals surface area contributed by atoms with Gasteiger partial charge < -0.3 is 19.5 Å². The summed E-state index contributed by atoms with van der Waals surface area (Å²) >= 11 is 0. The minimum absolute atomic E-state index is 0.449. The topological polar surface area (TPSA) is 39.7 Å². The van der Waals surface area contributed by atoms with Crippen LogP contribution in [0.3, 0.4) is 0 Å². The van der Waals surface area contributed by atoms with Crippen molar-refractivity contribution in [2.24, 2.45) is 11.8 Å². The van der Waals surface area contributed by atoms with E-state index < -0.39 is 0 Å². The second-order valence-electron chi connectivity index (χ2n) is 5.05. The van der Waals surface area contributed by atoms with E-state index >= 15 is 0 Å². The predicted octanol–water partition coefficient (Wildman–Crippen LogP) is 1.05. The first-order chi connectivity index (χ1) is 8.40. The van der Waals surface area contributed by atoms with Crippen molar-refractivity contribution in [3.63, 3.8) is 0 Å². The molecule has 3 atom stereocenters. The van der Waals surface area contributed by atoms with Crippen molar-refractivity contribution in [2.75, 3.05) is 46.2 Å². The maximum atomic E-state index is 5.85. The van der Waals surface area contributed by atoms with Crippen LogP contribution in [-0.4, -0.2) is 52.2 Å². The minimum Gasteiger partial charge on any atom is -0.381 e. The van der Waals surface area contributed by atoms with Crippen molar-refractivity contribution in [1.29, 1.82) is 0 Å². The number of hydrogen-bond donors (Lipinski definition) is 1. The number of hydrogen-bond acceptors (Lipinski definition) is 4. The summed E-state index contributed by atoms with van der Waals surface area (Å²) in [6, 6.07) is 0.449. The lowest BCUT2D eigenvalue weighted by Crippen LogP contribution is -2.40. The zero-order valence-electron chi connectivity index (χ0n) is 10.8. The van der Waals surface area contributed by atoms with E-state index in [-0.39, 0.29) is 0 Å². The highest BCUT2D eigenvalue weighted by molar-refractivity contribution is 4.79. The van der Waals surface area contributed by atoms with E-state index in [9.17, 15) is 0 Å². The van der Waals surface area contributed by atoms with Gasteiger partial charge in [0.15, 0.2) is 0 Å². The molecule has 0 aromatic carbocycles. The van der Waals surface area contributed by atoms with Gasteiger partial charge in [-0.2, -0.15) is 0 Å². The molecule has 2 aliphatic rings. The summed E-state index contributed by atoms with van der Waals surface area (Å²) in [6.07, 6.45) is 2.31. The normalized spacial score (nSPS) is 30.9. The van der Waals surface area contributed by atoms with Crippen LogP contribution in [0.5, 0.6) is 0 Å². The van der Waals surface area contributed by atoms with Gasteiger partial charge in [0, 0.05) is 31.1 Å². The van der Waals surface area contributed by atoms with Crippen molar-refractivity contribution < 1.29 is 14.2 Å². The molecule has 2 heterocycles. The summed E-state index contributed by atoms with van der Waals surface area (Å²) in [7, 11) is 0. The molecule has 2 saturated heterocycles. The standard InChI is InChI=1S/C13H25NO3/c1-2-14-13(12-4-6-16-9-12)10-17-8-11-3-5-15-7-11/h11-14H,2-10H2,1H3. The Bertz CT molecular complexity index is 201. The van der Waals surface area contributed by atoms with E-state index in [0.717, 1.165) is 59.0 Å². The fourth-order valence-electron chi connectivity index (χ4n) is 2.57. The molecule has 0 aliphatic carbocycles. The van der Waals surface area contributed by atoms with Crippen LogP contribution < -0.4 is 5.32 Å². The van der Waals surface area contributed by atoms with Gasteiger partial charge in [0.25, 0.3) is 0 Å². The van der Waals surface area contributed by atoms with E-state index in [0.29, 0.717) is 17.9 Å². The Morgan fingerprint density at radius 2 is 2.06 bits per heavy atom. The summed E-state index contributed by atoms with van der Waals surface area (Å²) in [4.78, 5) is 0. The van der Waals surface area contributed by atoms with Gasteiger partial charge in [-0.05, 0) is 19.4 Å². The first kappa shape index (κ1) is 13.3. The summed E-state index contributed by atoms with van der Waals surface area (Å²) in [5.74, 6) is 1.23. The van der Waals surface area contributed by atoms with Crippen LogP contribution in [0.2, 0.25) is 0 Å². The molecule has 2 fully saturated rings. The SMILES string of the molecule is CCNC(COCC1CCOC1)C1CCOC1. The first-order valence-electron chi connectivity index (χ1n) is 6.86. The minimum atomic E-state index is 0.449. The van der Waals surface area contributed by atoms with Crippen LogP contribution in [0.1, 0.15) is 19.8 Å². The average Bonchev–Trinajstić information content (AvgIpc) is 3.01. The van der Waals surface area contributed by atoms with Gasteiger partial charge in [-0.1, -0.05) is 6.92 Å². The molecule has 0 radical (unpaired) electrons. The molecular formula is C13H25NO3. The van der Waals surface area contributed by atoms with Gasteiger partial charge in [-0.25, -0.2) is 0 Å². The van der Waals surface area contributed by atoms with Crippen LogP contribution in [0.15, 0.2) is 0 Å². The summed E-state index contributed by atoms with van der Waals surface area (Å²) < 4.78 is 16.6.